The fraction of sp³-hybridized carbons (Fsp3) is 0.800. The highest BCUT2D eigenvalue weighted by Gasteiger charge is 2.25. The van der Waals surface area contributed by atoms with E-state index in [4.69, 9.17) is 9.84 Å². The standard InChI is InChI=1S/C10H18O4/c1-5-7(6-8(11)12)9(13)14-10(2,3)4/h7H,5-6H2,1-4H3,(H,11,12). The molecule has 0 aliphatic rings. The van der Waals surface area contributed by atoms with Crippen LogP contribution in [-0.4, -0.2) is 22.6 Å². The third kappa shape index (κ3) is 5.56. The first-order chi connectivity index (χ1) is 6.26. The Morgan fingerprint density at radius 3 is 2.14 bits per heavy atom. The van der Waals surface area contributed by atoms with Crippen molar-refractivity contribution in [2.45, 2.75) is 46.1 Å². The van der Waals surface area contributed by atoms with E-state index in [1.54, 1.807) is 27.7 Å². The van der Waals surface area contributed by atoms with Crippen LogP contribution in [0.3, 0.4) is 0 Å². The first kappa shape index (κ1) is 12.9. The van der Waals surface area contributed by atoms with Gasteiger partial charge < -0.3 is 9.84 Å². The van der Waals surface area contributed by atoms with Crippen LogP contribution >= 0.6 is 0 Å². The molecule has 82 valence electrons. The Labute approximate surface area is 84.3 Å². The lowest BCUT2D eigenvalue weighted by Crippen LogP contribution is -2.29. The van der Waals surface area contributed by atoms with Crippen LogP contribution < -0.4 is 0 Å². The Morgan fingerprint density at radius 2 is 1.86 bits per heavy atom. The van der Waals surface area contributed by atoms with Gasteiger partial charge in [-0.25, -0.2) is 0 Å². The number of esters is 1. The van der Waals surface area contributed by atoms with Gasteiger partial charge in [0.2, 0.25) is 0 Å². The van der Waals surface area contributed by atoms with Crippen molar-refractivity contribution in [2.75, 3.05) is 0 Å². The quantitative estimate of drug-likeness (QED) is 0.706. The Hall–Kier alpha value is -1.06. The lowest BCUT2D eigenvalue weighted by atomic mass is 10.0. The van der Waals surface area contributed by atoms with E-state index in [1.165, 1.54) is 0 Å². The minimum Gasteiger partial charge on any atom is -0.481 e. The zero-order valence-electron chi connectivity index (χ0n) is 9.16. The predicted molar refractivity (Wildman–Crippen MR) is 51.9 cm³/mol. The summed E-state index contributed by atoms with van der Waals surface area (Å²) in [5.41, 5.74) is -0.553. The van der Waals surface area contributed by atoms with Crippen molar-refractivity contribution in [3.8, 4) is 0 Å². The summed E-state index contributed by atoms with van der Waals surface area (Å²) in [6, 6.07) is 0. The number of carboxylic acid groups (broad SMARTS) is 1. The average Bonchev–Trinajstić information content (AvgIpc) is 1.96. The molecule has 0 radical (unpaired) electrons. The first-order valence-corrected chi connectivity index (χ1v) is 4.71. The molecule has 1 atom stereocenters. The monoisotopic (exact) mass is 202 g/mol. The molecule has 0 fully saturated rings. The second kappa shape index (κ2) is 4.98. The maximum Gasteiger partial charge on any atom is 0.310 e. The minimum atomic E-state index is -0.970. The number of ether oxygens (including phenoxy) is 1. The molecule has 0 aliphatic carbocycles. The minimum absolute atomic E-state index is 0.161. The molecule has 0 aromatic heterocycles. The van der Waals surface area contributed by atoms with Crippen molar-refractivity contribution in [2.24, 2.45) is 5.92 Å². The van der Waals surface area contributed by atoms with E-state index in [-0.39, 0.29) is 6.42 Å². The largest absolute Gasteiger partial charge is 0.481 e. The molecule has 0 saturated heterocycles. The molecule has 0 aromatic carbocycles. The molecule has 0 saturated carbocycles. The van der Waals surface area contributed by atoms with Gasteiger partial charge in [-0.1, -0.05) is 6.92 Å². The van der Waals surface area contributed by atoms with Crippen LogP contribution in [0.15, 0.2) is 0 Å². The number of carbonyl (C=O) groups is 2. The van der Waals surface area contributed by atoms with Crippen LogP contribution in [-0.2, 0) is 14.3 Å². The molecule has 4 nitrogen and oxygen atoms in total. The van der Waals surface area contributed by atoms with Gasteiger partial charge in [-0.2, -0.15) is 0 Å². The normalized spacial score (nSPS) is 13.4. The van der Waals surface area contributed by atoms with Crippen molar-refractivity contribution in [3.05, 3.63) is 0 Å². The van der Waals surface area contributed by atoms with Crippen molar-refractivity contribution in [3.63, 3.8) is 0 Å². The summed E-state index contributed by atoms with van der Waals surface area (Å²) >= 11 is 0. The summed E-state index contributed by atoms with van der Waals surface area (Å²) in [7, 11) is 0. The molecular weight excluding hydrogens is 184 g/mol. The Bertz CT molecular complexity index is 215. The highest BCUT2D eigenvalue weighted by atomic mass is 16.6. The van der Waals surface area contributed by atoms with Crippen molar-refractivity contribution in [1.82, 2.24) is 0 Å². The highest BCUT2D eigenvalue weighted by molar-refractivity contribution is 5.79. The zero-order chi connectivity index (χ0) is 11.4. The van der Waals surface area contributed by atoms with Crippen molar-refractivity contribution in [1.29, 1.82) is 0 Å². The third-order valence-corrected chi connectivity index (χ3v) is 1.65. The summed E-state index contributed by atoms with van der Waals surface area (Å²) in [6.45, 7) is 7.06. The van der Waals surface area contributed by atoms with Gasteiger partial charge in [-0.15, -0.1) is 0 Å². The molecule has 1 N–H and O–H groups in total. The van der Waals surface area contributed by atoms with E-state index < -0.39 is 23.5 Å². The molecule has 0 aromatic rings. The summed E-state index contributed by atoms with van der Waals surface area (Å²) < 4.78 is 5.09. The Kier molecular flexibility index (Phi) is 4.60. The van der Waals surface area contributed by atoms with E-state index in [0.717, 1.165) is 0 Å². The number of carboxylic acids is 1. The fourth-order valence-corrected chi connectivity index (χ4v) is 0.990. The van der Waals surface area contributed by atoms with Crippen LogP contribution in [0.5, 0.6) is 0 Å². The second-order valence-electron chi connectivity index (χ2n) is 4.24. The van der Waals surface area contributed by atoms with E-state index in [2.05, 4.69) is 0 Å². The molecule has 0 spiro atoms. The zero-order valence-corrected chi connectivity index (χ0v) is 9.16. The fourth-order valence-electron chi connectivity index (χ4n) is 0.990. The maximum atomic E-state index is 11.4. The van der Waals surface area contributed by atoms with E-state index >= 15 is 0 Å². The molecule has 1 unspecified atom stereocenters. The van der Waals surface area contributed by atoms with Gasteiger partial charge >= 0.3 is 11.9 Å². The van der Waals surface area contributed by atoms with Gasteiger partial charge in [0.05, 0.1) is 12.3 Å². The summed E-state index contributed by atoms with van der Waals surface area (Å²) in [5.74, 6) is -1.93. The molecule has 0 rings (SSSR count). The van der Waals surface area contributed by atoms with Crippen LogP contribution in [0.25, 0.3) is 0 Å². The van der Waals surface area contributed by atoms with Crippen LogP contribution in [0.4, 0.5) is 0 Å². The highest BCUT2D eigenvalue weighted by Crippen LogP contribution is 2.16. The second-order valence-corrected chi connectivity index (χ2v) is 4.24. The van der Waals surface area contributed by atoms with Crippen LogP contribution in [0, 0.1) is 5.92 Å². The van der Waals surface area contributed by atoms with Crippen LogP contribution in [0.1, 0.15) is 40.5 Å². The summed E-state index contributed by atoms with van der Waals surface area (Å²) in [4.78, 5) is 21.9. The number of aliphatic carboxylic acids is 1. The topological polar surface area (TPSA) is 63.6 Å². The van der Waals surface area contributed by atoms with Crippen molar-refractivity contribution >= 4 is 11.9 Å². The van der Waals surface area contributed by atoms with E-state index in [0.29, 0.717) is 6.42 Å². The molecule has 0 bridgehead atoms. The summed E-state index contributed by atoms with van der Waals surface area (Å²) in [5, 5.41) is 8.55. The number of rotatable bonds is 4. The Balaban J connectivity index is 4.25. The van der Waals surface area contributed by atoms with Gasteiger partial charge in [0.1, 0.15) is 5.60 Å². The number of carbonyl (C=O) groups excluding carboxylic acids is 1. The van der Waals surface area contributed by atoms with Gasteiger partial charge in [-0.05, 0) is 27.2 Å². The average molecular weight is 202 g/mol. The van der Waals surface area contributed by atoms with Gasteiger partial charge in [0, 0.05) is 0 Å². The molecule has 0 heterocycles. The van der Waals surface area contributed by atoms with Gasteiger partial charge in [0.25, 0.3) is 0 Å². The van der Waals surface area contributed by atoms with Gasteiger partial charge in [-0.3, -0.25) is 9.59 Å². The van der Waals surface area contributed by atoms with E-state index in [9.17, 15) is 9.59 Å². The van der Waals surface area contributed by atoms with Crippen molar-refractivity contribution < 1.29 is 19.4 Å². The van der Waals surface area contributed by atoms with E-state index in [1.807, 2.05) is 0 Å². The lowest BCUT2D eigenvalue weighted by Gasteiger charge is -2.22. The SMILES string of the molecule is CCC(CC(=O)O)C(=O)OC(C)(C)C. The Morgan fingerprint density at radius 1 is 1.36 bits per heavy atom. The third-order valence-electron chi connectivity index (χ3n) is 1.65. The molecule has 0 aliphatic heterocycles. The molecule has 4 heteroatoms. The van der Waals surface area contributed by atoms with Gasteiger partial charge in [0.15, 0.2) is 0 Å². The molecule has 0 amide bonds. The summed E-state index contributed by atoms with van der Waals surface area (Å²) in [6.07, 6.45) is 0.326. The maximum absolute atomic E-state index is 11.4. The number of hydrogen-bond acceptors (Lipinski definition) is 3. The molecular formula is C10H18O4. The first-order valence-electron chi connectivity index (χ1n) is 4.71. The number of hydrogen-bond donors (Lipinski definition) is 1. The smallest absolute Gasteiger partial charge is 0.310 e. The lowest BCUT2D eigenvalue weighted by molar-refractivity contribution is -0.163. The predicted octanol–water partition coefficient (Wildman–Crippen LogP) is 1.83. The molecule has 14 heavy (non-hydrogen) atoms. The van der Waals surface area contributed by atoms with Crippen LogP contribution in [0.2, 0.25) is 0 Å².